The molecule has 0 N–H and O–H groups in total. The number of hydrogen-bond donors (Lipinski definition) is 0. The van der Waals surface area contributed by atoms with Gasteiger partial charge >= 0.3 is 0 Å². The molecule has 1 aromatic carbocycles. The smallest absolute Gasteiger partial charge is 0.0978 e. The van der Waals surface area contributed by atoms with Crippen molar-refractivity contribution in [2.45, 2.75) is 31.8 Å². The average Bonchev–Trinajstić information content (AvgIpc) is 2.98. The van der Waals surface area contributed by atoms with Crippen LogP contribution in [0, 0.1) is 5.41 Å². The predicted molar refractivity (Wildman–Crippen MR) is 56.3 cm³/mol. The van der Waals surface area contributed by atoms with Crippen molar-refractivity contribution in [1.29, 1.82) is 0 Å². The molecule has 1 aromatic rings. The molecule has 74 valence electrons. The summed E-state index contributed by atoms with van der Waals surface area (Å²) in [6, 6.07) is 10.8. The van der Waals surface area contributed by atoms with Crippen molar-refractivity contribution in [3.63, 3.8) is 0 Å². The third-order valence-corrected chi connectivity index (χ3v) is 4.27. The minimum atomic E-state index is 0.244. The van der Waals surface area contributed by atoms with Crippen molar-refractivity contribution < 1.29 is 4.74 Å². The summed E-state index contributed by atoms with van der Waals surface area (Å²) < 4.78 is 5.60. The van der Waals surface area contributed by atoms with Gasteiger partial charge in [0.05, 0.1) is 12.2 Å². The van der Waals surface area contributed by atoms with Gasteiger partial charge in [0.25, 0.3) is 0 Å². The van der Waals surface area contributed by atoms with Crippen LogP contribution in [0.1, 0.15) is 31.7 Å². The molecule has 1 saturated carbocycles. The first kappa shape index (κ1) is 8.49. The van der Waals surface area contributed by atoms with Gasteiger partial charge in [-0.05, 0) is 17.9 Å². The van der Waals surface area contributed by atoms with Gasteiger partial charge in [-0.2, -0.15) is 0 Å². The largest absolute Gasteiger partial charge is 0.369 e. The Morgan fingerprint density at radius 2 is 1.86 bits per heavy atom. The average molecular weight is 188 g/mol. The lowest BCUT2D eigenvalue weighted by Crippen LogP contribution is -2.50. The lowest BCUT2D eigenvalue weighted by Gasteiger charge is -2.51. The standard InChI is InChI=1S/C13H16O/c1-12(2)11(8-13(12)9-14-13)10-6-4-3-5-7-10/h3-7,11H,8-9H2,1-2H3. The van der Waals surface area contributed by atoms with Gasteiger partial charge in [0.1, 0.15) is 0 Å². The van der Waals surface area contributed by atoms with E-state index in [0.29, 0.717) is 11.3 Å². The van der Waals surface area contributed by atoms with E-state index in [9.17, 15) is 0 Å². The molecule has 0 amide bonds. The normalized spacial score (nSPS) is 38.0. The van der Waals surface area contributed by atoms with Crippen LogP contribution in [-0.2, 0) is 4.74 Å². The van der Waals surface area contributed by atoms with Crippen molar-refractivity contribution in [2.24, 2.45) is 5.41 Å². The number of hydrogen-bond acceptors (Lipinski definition) is 1. The second-order valence-electron chi connectivity index (χ2n) is 5.17. The molecule has 1 aliphatic heterocycles. The topological polar surface area (TPSA) is 12.5 Å². The maximum atomic E-state index is 5.60. The molecule has 0 radical (unpaired) electrons. The summed E-state index contributed by atoms with van der Waals surface area (Å²) in [5, 5.41) is 0. The monoisotopic (exact) mass is 188 g/mol. The Labute approximate surface area is 85.1 Å². The fourth-order valence-corrected chi connectivity index (χ4v) is 2.83. The highest BCUT2D eigenvalue weighted by molar-refractivity contribution is 5.32. The summed E-state index contributed by atoms with van der Waals surface area (Å²) in [7, 11) is 0. The molecule has 14 heavy (non-hydrogen) atoms. The van der Waals surface area contributed by atoms with Crippen LogP contribution in [0.5, 0.6) is 0 Å². The summed E-state index contributed by atoms with van der Waals surface area (Å²) in [5.74, 6) is 0.686. The minimum Gasteiger partial charge on any atom is -0.369 e. The Bertz CT molecular complexity index is 349. The molecule has 1 heterocycles. The molecule has 0 bridgehead atoms. The molecule has 2 atom stereocenters. The maximum absolute atomic E-state index is 5.60. The van der Waals surface area contributed by atoms with E-state index in [2.05, 4.69) is 44.2 Å². The van der Waals surface area contributed by atoms with Gasteiger partial charge in [-0.3, -0.25) is 0 Å². The Morgan fingerprint density at radius 1 is 1.21 bits per heavy atom. The van der Waals surface area contributed by atoms with Gasteiger partial charge in [0, 0.05) is 5.41 Å². The van der Waals surface area contributed by atoms with E-state index in [1.54, 1.807) is 0 Å². The van der Waals surface area contributed by atoms with Crippen molar-refractivity contribution in [3.05, 3.63) is 35.9 Å². The summed E-state index contributed by atoms with van der Waals surface area (Å²) in [5.41, 5.74) is 2.04. The Kier molecular flexibility index (Phi) is 1.46. The predicted octanol–water partition coefficient (Wildman–Crippen LogP) is 2.97. The highest BCUT2D eigenvalue weighted by Gasteiger charge is 2.68. The van der Waals surface area contributed by atoms with E-state index in [-0.39, 0.29) is 5.60 Å². The molecule has 2 unspecified atom stereocenters. The number of ether oxygens (including phenoxy) is 1. The summed E-state index contributed by atoms with van der Waals surface area (Å²) >= 11 is 0. The van der Waals surface area contributed by atoms with E-state index < -0.39 is 0 Å². The molecule has 1 saturated heterocycles. The highest BCUT2D eigenvalue weighted by atomic mass is 16.6. The van der Waals surface area contributed by atoms with Crippen LogP contribution in [0.3, 0.4) is 0 Å². The molecule has 1 spiro atoms. The van der Waals surface area contributed by atoms with Crippen LogP contribution in [0.4, 0.5) is 0 Å². The maximum Gasteiger partial charge on any atom is 0.0978 e. The van der Waals surface area contributed by atoms with Gasteiger partial charge in [-0.1, -0.05) is 44.2 Å². The van der Waals surface area contributed by atoms with E-state index in [4.69, 9.17) is 4.74 Å². The molecule has 2 fully saturated rings. The second-order valence-corrected chi connectivity index (χ2v) is 5.17. The zero-order valence-electron chi connectivity index (χ0n) is 8.79. The van der Waals surface area contributed by atoms with Crippen molar-refractivity contribution in [2.75, 3.05) is 6.61 Å². The third kappa shape index (κ3) is 0.885. The first-order valence-electron chi connectivity index (χ1n) is 5.35. The van der Waals surface area contributed by atoms with E-state index >= 15 is 0 Å². The summed E-state index contributed by atoms with van der Waals surface area (Å²) in [4.78, 5) is 0. The molecule has 1 aliphatic carbocycles. The van der Waals surface area contributed by atoms with Crippen LogP contribution in [0.15, 0.2) is 30.3 Å². The van der Waals surface area contributed by atoms with Gasteiger partial charge in [0.15, 0.2) is 0 Å². The van der Waals surface area contributed by atoms with Gasteiger partial charge < -0.3 is 4.74 Å². The highest BCUT2D eigenvalue weighted by Crippen LogP contribution is 2.66. The van der Waals surface area contributed by atoms with Crippen LogP contribution in [-0.4, -0.2) is 12.2 Å². The second kappa shape index (κ2) is 2.40. The lowest BCUT2D eigenvalue weighted by molar-refractivity contribution is -0.00443. The number of epoxide rings is 1. The Morgan fingerprint density at radius 3 is 2.36 bits per heavy atom. The summed E-state index contributed by atoms with van der Waals surface area (Å²) in [6.07, 6.45) is 1.21. The van der Waals surface area contributed by atoms with Gasteiger partial charge in [-0.15, -0.1) is 0 Å². The minimum absolute atomic E-state index is 0.244. The van der Waals surface area contributed by atoms with Crippen molar-refractivity contribution >= 4 is 0 Å². The molecular weight excluding hydrogens is 172 g/mol. The zero-order valence-corrected chi connectivity index (χ0v) is 8.79. The van der Waals surface area contributed by atoms with E-state index in [1.807, 2.05) is 0 Å². The summed E-state index contributed by atoms with van der Waals surface area (Å²) in [6.45, 7) is 5.64. The van der Waals surface area contributed by atoms with Gasteiger partial charge in [0.2, 0.25) is 0 Å². The fourth-order valence-electron chi connectivity index (χ4n) is 2.83. The Hall–Kier alpha value is -0.820. The van der Waals surface area contributed by atoms with Crippen LogP contribution < -0.4 is 0 Å². The third-order valence-electron chi connectivity index (χ3n) is 4.27. The quantitative estimate of drug-likeness (QED) is 0.617. The first-order valence-corrected chi connectivity index (χ1v) is 5.35. The van der Waals surface area contributed by atoms with Crippen LogP contribution in [0.25, 0.3) is 0 Å². The molecule has 3 rings (SSSR count). The molecular formula is C13H16O. The zero-order chi connectivity index (χ0) is 9.81. The molecule has 1 nitrogen and oxygen atoms in total. The van der Waals surface area contributed by atoms with E-state index in [1.165, 1.54) is 12.0 Å². The molecule has 1 heteroatoms. The van der Waals surface area contributed by atoms with Gasteiger partial charge in [-0.25, -0.2) is 0 Å². The van der Waals surface area contributed by atoms with Crippen molar-refractivity contribution in [3.8, 4) is 0 Å². The fraction of sp³-hybridized carbons (Fsp3) is 0.538. The SMILES string of the molecule is CC1(C)C(c2ccccc2)CC12CO2. The Balaban J connectivity index is 1.90. The molecule has 2 aliphatic rings. The van der Waals surface area contributed by atoms with E-state index in [0.717, 1.165) is 6.61 Å². The number of benzene rings is 1. The van der Waals surface area contributed by atoms with Crippen LogP contribution >= 0.6 is 0 Å². The van der Waals surface area contributed by atoms with Crippen LogP contribution in [0.2, 0.25) is 0 Å². The number of rotatable bonds is 1. The first-order chi connectivity index (χ1) is 6.66. The molecule has 0 aromatic heterocycles. The van der Waals surface area contributed by atoms with Crippen molar-refractivity contribution in [1.82, 2.24) is 0 Å². The lowest BCUT2D eigenvalue weighted by atomic mass is 9.52.